The Morgan fingerprint density at radius 1 is 1.15 bits per heavy atom. The smallest absolute Gasteiger partial charge is 0.194 e. The number of aromatic hydroxyl groups is 2. The van der Waals surface area contributed by atoms with Gasteiger partial charge in [0.25, 0.3) is 0 Å². The molecule has 0 aliphatic heterocycles. The average Bonchev–Trinajstić information content (AvgIpc) is 2.69. The van der Waals surface area contributed by atoms with Crippen molar-refractivity contribution >= 4 is 5.78 Å². The Labute approximate surface area is 116 Å². The van der Waals surface area contributed by atoms with Crippen LogP contribution < -0.4 is 0 Å². The van der Waals surface area contributed by atoms with Gasteiger partial charge >= 0.3 is 0 Å². The van der Waals surface area contributed by atoms with Crippen molar-refractivity contribution in [1.82, 2.24) is 4.57 Å². The first-order valence-corrected chi connectivity index (χ1v) is 6.22. The summed E-state index contributed by atoms with van der Waals surface area (Å²) in [7, 11) is 0. The van der Waals surface area contributed by atoms with Crippen LogP contribution in [0.3, 0.4) is 0 Å². The van der Waals surface area contributed by atoms with Crippen LogP contribution in [0.2, 0.25) is 0 Å². The van der Waals surface area contributed by atoms with Crippen molar-refractivity contribution in [2.75, 3.05) is 0 Å². The highest BCUT2D eigenvalue weighted by molar-refractivity contribution is 6.01. The molecule has 0 saturated carbocycles. The summed E-state index contributed by atoms with van der Waals surface area (Å²) in [5.74, 6) is -0.483. The standard InChI is InChI=1S/C15H17NO4/c1-15(2,20)14(19)11-5-3-4-10(8-11)9-16-12(17)6-7-13(16)18/h3-8,17-18,20H,9H2,1-2H3. The molecule has 0 amide bonds. The summed E-state index contributed by atoms with van der Waals surface area (Å²) in [5.41, 5.74) is -0.306. The first-order valence-electron chi connectivity index (χ1n) is 6.22. The van der Waals surface area contributed by atoms with E-state index < -0.39 is 5.60 Å². The molecule has 0 unspecified atom stereocenters. The van der Waals surface area contributed by atoms with Crippen LogP contribution in [0.5, 0.6) is 11.8 Å². The van der Waals surface area contributed by atoms with Crippen molar-refractivity contribution in [1.29, 1.82) is 0 Å². The SMILES string of the molecule is CC(C)(O)C(=O)c1cccc(Cn2c(O)ccc2O)c1. The first kappa shape index (κ1) is 14.1. The lowest BCUT2D eigenvalue weighted by molar-refractivity contribution is 0.0488. The number of carbonyl (C=O) groups excluding carboxylic acids is 1. The van der Waals surface area contributed by atoms with Gasteiger partial charge in [-0.2, -0.15) is 0 Å². The second-order valence-electron chi connectivity index (χ2n) is 5.22. The van der Waals surface area contributed by atoms with Gasteiger partial charge in [0, 0.05) is 17.7 Å². The molecule has 2 aromatic rings. The minimum atomic E-state index is -1.43. The molecular formula is C15H17NO4. The molecule has 5 nitrogen and oxygen atoms in total. The molecule has 106 valence electrons. The minimum Gasteiger partial charge on any atom is -0.494 e. The molecule has 0 fully saturated rings. The minimum absolute atomic E-state index is 0.0540. The van der Waals surface area contributed by atoms with Gasteiger partial charge < -0.3 is 15.3 Å². The van der Waals surface area contributed by atoms with Crippen LogP contribution in [0, 0.1) is 0 Å². The highest BCUT2D eigenvalue weighted by Crippen LogP contribution is 2.23. The molecule has 0 bridgehead atoms. The van der Waals surface area contributed by atoms with E-state index in [9.17, 15) is 20.1 Å². The second-order valence-corrected chi connectivity index (χ2v) is 5.22. The summed E-state index contributed by atoms with van der Waals surface area (Å²) in [6.45, 7) is 3.11. The summed E-state index contributed by atoms with van der Waals surface area (Å²) in [4.78, 5) is 12.0. The molecule has 3 N–H and O–H groups in total. The van der Waals surface area contributed by atoms with E-state index in [1.165, 1.54) is 30.5 Å². The molecule has 0 saturated heterocycles. The van der Waals surface area contributed by atoms with Gasteiger partial charge in [0.05, 0.1) is 6.54 Å². The van der Waals surface area contributed by atoms with Gasteiger partial charge in [-0.25, -0.2) is 0 Å². The predicted molar refractivity (Wildman–Crippen MR) is 73.9 cm³/mol. The van der Waals surface area contributed by atoms with E-state index in [1.54, 1.807) is 24.3 Å². The Morgan fingerprint density at radius 3 is 2.30 bits per heavy atom. The van der Waals surface area contributed by atoms with Gasteiger partial charge in [-0.05, 0) is 25.5 Å². The zero-order valence-corrected chi connectivity index (χ0v) is 11.4. The summed E-state index contributed by atoms with van der Waals surface area (Å²) >= 11 is 0. The Kier molecular flexibility index (Phi) is 3.55. The maximum atomic E-state index is 12.0. The highest BCUT2D eigenvalue weighted by Gasteiger charge is 2.25. The number of aliphatic hydroxyl groups is 1. The molecule has 2 rings (SSSR count). The highest BCUT2D eigenvalue weighted by atomic mass is 16.3. The molecule has 1 aromatic heterocycles. The zero-order valence-electron chi connectivity index (χ0n) is 11.4. The third-order valence-corrected chi connectivity index (χ3v) is 3.02. The van der Waals surface area contributed by atoms with Crippen molar-refractivity contribution in [3.63, 3.8) is 0 Å². The van der Waals surface area contributed by atoms with Crippen molar-refractivity contribution in [3.8, 4) is 11.8 Å². The van der Waals surface area contributed by atoms with Crippen molar-refractivity contribution in [3.05, 3.63) is 47.5 Å². The van der Waals surface area contributed by atoms with Gasteiger partial charge in [-0.1, -0.05) is 18.2 Å². The molecule has 0 aliphatic rings. The van der Waals surface area contributed by atoms with Crippen molar-refractivity contribution in [2.45, 2.75) is 26.0 Å². The van der Waals surface area contributed by atoms with Crippen LogP contribution in [-0.2, 0) is 6.54 Å². The van der Waals surface area contributed by atoms with E-state index in [0.29, 0.717) is 5.56 Å². The van der Waals surface area contributed by atoms with Gasteiger partial charge in [-0.3, -0.25) is 9.36 Å². The monoisotopic (exact) mass is 275 g/mol. The van der Waals surface area contributed by atoms with Gasteiger partial charge in [0.15, 0.2) is 17.5 Å². The van der Waals surface area contributed by atoms with Crippen LogP contribution in [0.15, 0.2) is 36.4 Å². The van der Waals surface area contributed by atoms with Crippen LogP contribution in [0.4, 0.5) is 0 Å². The molecular weight excluding hydrogens is 258 g/mol. The number of nitrogens with zero attached hydrogens (tertiary/aromatic N) is 1. The third kappa shape index (κ3) is 2.83. The normalized spacial score (nSPS) is 11.6. The van der Waals surface area contributed by atoms with Gasteiger partial charge in [0.2, 0.25) is 0 Å². The Bertz CT molecular complexity index is 618. The van der Waals surface area contributed by atoms with Crippen molar-refractivity contribution in [2.24, 2.45) is 0 Å². The maximum Gasteiger partial charge on any atom is 0.194 e. The van der Waals surface area contributed by atoms with Crippen LogP contribution in [0.25, 0.3) is 0 Å². The lowest BCUT2D eigenvalue weighted by atomic mass is 9.96. The Morgan fingerprint density at radius 2 is 1.75 bits per heavy atom. The van der Waals surface area contributed by atoms with E-state index in [4.69, 9.17) is 0 Å². The molecule has 1 aromatic carbocycles. The summed E-state index contributed by atoms with van der Waals surface area (Å²) in [5, 5.41) is 28.9. The lowest BCUT2D eigenvalue weighted by Gasteiger charge is -2.16. The van der Waals surface area contributed by atoms with Crippen LogP contribution in [-0.4, -0.2) is 31.3 Å². The van der Waals surface area contributed by atoms with Crippen LogP contribution >= 0.6 is 0 Å². The van der Waals surface area contributed by atoms with Gasteiger partial charge in [0.1, 0.15) is 5.60 Å². The molecule has 0 atom stereocenters. The summed E-state index contributed by atoms with van der Waals surface area (Å²) in [6, 6.07) is 9.52. The lowest BCUT2D eigenvalue weighted by Crippen LogP contribution is -2.31. The summed E-state index contributed by atoms with van der Waals surface area (Å²) in [6.07, 6.45) is 0. The second kappa shape index (κ2) is 5.02. The topological polar surface area (TPSA) is 82.7 Å². The number of hydrogen-bond donors (Lipinski definition) is 3. The predicted octanol–water partition coefficient (Wildman–Crippen LogP) is 1.90. The molecule has 20 heavy (non-hydrogen) atoms. The van der Waals surface area contributed by atoms with Crippen LogP contribution in [0.1, 0.15) is 29.8 Å². The number of hydrogen-bond acceptors (Lipinski definition) is 4. The maximum absolute atomic E-state index is 12.0. The summed E-state index contributed by atoms with van der Waals surface area (Å²) < 4.78 is 1.31. The third-order valence-electron chi connectivity index (χ3n) is 3.02. The molecule has 0 aliphatic carbocycles. The fourth-order valence-corrected chi connectivity index (χ4v) is 1.96. The average molecular weight is 275 g/mol. The number of carbonyl (C=O) groups is 1. The fourth-order valence-electron chi connectivity index (χ4n) is 1.96. The quantitative estimate of drug-likeness (QED) is 0.744. The number of Topliss-reactive ketones (excluding diaryl/α,β-unsaturated/α-hetero) is 1. The number of ketones is 1. The number of benzene rings is 1. The zero-order chi connectivity index (χ0) is 14.9. The van der Waals surface area contributed by atoms with E-state index in [2.05, 4.69) is 0 Å². The molecule has 5 heteroatoms. The number of rotatable bonds is 4. The van der Waals surface area contributed by atoms with E-state index >= 15 is 0 Å². The first-order chi connectivity index (χ1) is 9.29. The fraction of sp³-hybridized carbons (Fsp3) is 0.267. The Balaban J connectivity index is 2.29. The Hall–Kier alpha value is -2.27. The van der Waals surface area contributed by atoms with E-state index in [1.807, 2.05) is 0 Å². The largest absolute Gasteiger partial charge is 0.494 e. The molecule has 1 heterocycles. The molecule has 0 spiro atoms. The van der Waals surface area contributed by atoms with Crippen molar-refractivity contribution < 1.29 is 20.1 Å². The van der Waals surface area contributed by atoms with Gasteiger partial charge in [-0.15, -0.1) is 0 Å². The van der Waals surface area contributed by atoms with E-state index in [-0.39, 0.29) is 24.1 Å². The number of aromatic nitrogens is 1. The molecule has 0 radical (unpaired) electrons. The van der Waals surface area contributed by atoms with E-state index in [0.717, 1.165) is 5.56 Å².